The van der Waals surface area contributed by atoms with Gasteiger partial charge < -0.3 is 8.83 Å². The van der Waals surface area contributed by atoms with Crippen molar-refractivity contribution in [1.29, 1.82) is 5.26 Å². The normalized spacial score (nSPS) is 16.2. The second-order valence-electron chi connectivity index (χ2n) is 7.01. The lowest BCUT2D eigenvalue weighted by Gasteiger charge is -2.25. The van der Waals surface area contributed by atoms with E-state index in [2.05, 4.69) is 4.98 Å². The molecule has 0 spiro atoms. The SMILES string of the molecule is CCN1C(=O)C(C#N)=C(C)/C(=C/c2cc3oc(-c4cc5ccccc5s4)nc3o2)C1=O. The van der Waals surface area contributed by atoms with Gasteiger partial charge in [0, 0.05) is 22.9 Å². The van der Waals surface area contributed by atoms with Crippen molar-refractivity contribution in [3.8, 4) is 16.8 Å². The number of nitriles is 1. The first-order valence-corrected chi connectivity index (χ1v) is 10.4. The lowest BCUT2D eigenvalue weighted by molar-refractivity contribution is -0.140. The molecule has 0 unspecified atom stereocenters. The number of carbonyl (C=O) groups excluding carboxylic acids is 2. The summed E-state index contributed by atoms with van der Waals surface area (Å²) < 4.78 is 12.8. The Hall–Kier alpha value is -3.96. The molecule has 0 N–H and O–H groups in total. The summed E-state index contributed by atoms with van der Waals surface area (Å²) in [6.45, 7) is 3.44. The number of rotatable bonds is 3. The van der Waals surface area contributed by atoms with E-state index in [0.29, 0.717) is 28.5 Å². The van der Waals surface area contributed by atoms with Crippen LogP contribution in [0, 0.1) is 11.3 Å². The van der Waals surface area contributed by atoms with Crippen LogP contribution in [0.15, 0.2) is 62.0 Å². The molecule has 0 saturated heterocycles. The van der Waals surface area contributed by atoms with Gasteiger partial charge in [0.1, 0.15) is 17.4 Å². The van der Waals surface area contributed by atoms with Crippen LogP contribution in [0.1, 0.15) is 19.6 Å². The highest BCUT2D eigenvalue weighted by atomic mass is 32.1. The minimum absolute atomic E-state index is 0.0480. The molecule has 152 valence electrons. The molecule has 7 nitrogen and oxygen atoms in total. The maximum Gasteiger partial charge on any atom is 0.271 e. The average Bonchev–Trinajstić information content (AvgIpc) is 3.44. The minimum Gasteiger partial charge on any atom is -0.436 e. The molecule has 4 heterocycles. The van der Waals surface area contributed by atoms with E-state index in [-0.39, 0.29) is 17.7 Å². The number of nitrogens with zero attached hydrogens (tertiary/aromatic N) is 3. The van der Waals surface area contributed by atoms with E-state index in [1.54, 1.807) is 31.3 Å². The van der Waals surface area contributed by atoms with E-state index in [1.165, 1.54) is 6.08 Å². The predicted molar refractivity (Wildman–Crippen MR) is 116 cm³/mol. The number of hydrogen-bond acceptors (Lipinski definition) is 7. The topological polar surface area (TPSA) is 100 Å². The number of furan rings is 1. The molecule has 0 aliphatic carbocycles. The summed E-state index contributed by atoms with van der Waals surface area (Å²) in [5.74, 6) is -0.216. The van der Waals surface area contributed by atoms with Crippen LogP contribution in [0.25, 0.3) is 38.2 Å². The Morgan fingerprint density at radius 3 is 2.71 bits per heavy atom. The highest BCUT2D eigenvalue weighted by Gasteiger charge is 2.34. The summed E-state index contributed by atoms with van der Waals surface area (Å²) in [6.07, 6.45) is 1.51. The zero-order chi connectivity index (χ0) is 21.7. The smallest absolute Gasteiger partial charge is 0.271 e. The number of thiophene rings is 1. The Labute approximate surface area is 180 Å². The van der Waals surface area contributed by atoms with E-state index in [0.717, 1.165) is 19.9 Å². The number of carbonyl (C=O) groups is 2. The molecule has 5 rings (SSSR count). The molecule has 4 aromatic rings. The number of imide groups is 1. The fraction of sp³-hybridized carbons (Fsp3) is 0.130. The molecule has 8 heteroatoms. The Balaban J connectivity index is 1.54. The second-order valence-corrected chi connectivity index (χ2v) is 8.09. The molecular weight excluding hydrogens is 414 g/mol. The predicted octanol–water partition coefficient (Wildman–Crippen LogP) is 4.91. The van der Waals surface area contributed by atoms with Gasteiger partial charge in [-0.3, -0.25) is 14.5 Å². The summed E-state index contributed by atoms with van der Waals surface area (Å²) in [5, 5.41) is 10.5. The van der Waals surface area contributed by atoms with Gasteiger partial charge >= 0.3 is 0 Å². The van der Waals surface area contributed by atoms with E-state index >= 15 is 0 Å². The molecular formula is C23H15N3O4S. The molecule has 0 radical (unpaired) electrons. The van der Waals surface area contributed by atoms with E-state index in [9.17, 15) is 14.9 Å². The van der Waals surface area contributed by atoms with Crippen LogP contribution in [-0.2, 0) is 9.59 Å². The number of fused-ring (bicyclic) bond motifs is 2. The maximum absolute atomic E-state index is 12.7. The molecule has 0 fully saturated rings. The summed E-state index contributed by atoms with van der Waals surface area (Å²) in [6, 6.07) is 13.6. The maximum atomic E-state index is 12.7. The Kier molecular flexibility index (Phi) is 4.34. The summed E-state index contributed by atoms with van der Waals surface area (Å²) in [7, 11) is 0. The number of amides is 2. The first-order chi connectivity index (χ1) is 15.0. The average molecular weight is 429 g/mol. The molecule has 0 saturated carbocycles. The van der Waals surface area contributed by atoms with Gasteiger partial charge in [-0.1, -0.05) is 18.2 Å². The van der Waals surface area contributed by atoms with Crippen LogP contribution in [0.2, 0.25) is 0 Å². The van der Waals surface area contributed by atoms with Gasteiger partial charge in [0.15, 0.2) is 5.58 Å². The monoisotopic (exact) mass is 429 g/mol. The second kappa shape index (κ2) is 7.07. The molecule has 1 aromatic carbocycles. The minimum atomic E-state index is -0.576. The Morgan fingerprint density at radius 2 is 2.00 bits per heavy atom. The standard InChI is InChI=1S/C23H15N3O4S/c1-3-26-22(27)15(12(2)16(11-24)23(26)28)9-14-10-17-20(29-14)25-21(30-17)19-8-13-6-4-5-7-18(13)31-19/h4-10H,3H2,1-2H3/b15-9-. The van der Waals surface area contributed by atoms with Crippen molar-refractivity contribution in [2.24, 2.45) is 0 Å². The number of likely N-dealkylation sites (N-methyl/N-ethyl adjacent to an activating group) is 1. The van der Waals surface area contributed by atoms with Gasteiger partial charge in [-0.05, 0) is 43.0 Å². The van der Waals surface area contributed by atoms with Gasteiger partial charge in [0.2, 0.25) is 5.89 Å². The van der Waals surface area contributed by atoms with Crippen molar-refractivity contribution in [3.63, 3.8) is 0 Å². The zero-order valence-electron chi connectivity index (χ0n) is 16.6. The van der Waals surface area contributed by atoms with Crippen molar-refractivity contribution in [2.75, 3.05) is 6.54 Å². The quantitative estimate of drug-likeness (QED) is 0.339. The van der Waals surface area contributed by atoms with Crippen molar-refractivity contribution in [3.05, 3.63) is 58.9 Å². The van der Waals surface area contributed by atoms with Crippen molar-refractivity contribution in [2.45, 2.75) is 13.8 Å². The van der Waals surface area contributed by atoms with Gasteiger partial charge in [0.25, 0.3) is 17.5 Å². The molecule has 31 heavy (non-hydrogen) atoms. The lowest BCUT2D eigenvalue weighted by atomic mass is 9.95. The third kappa shape index (κ3) is 2.98. The fourth-order valence-corrected chi connectivity index (χ4v) is 4.56. The van der Waals surface area contributed by atoms with Crippen LogP contribution in [0.3, 0.4) is 0 Å². The number of hydrogen-bond donors (Lipinski definition) is 0. The van der Waals surface area contributed by atoms with Crippen LogP contribution >= 0.6 is 11.3 Å². The zero-order valence-corrected chi connectivity index (χ0v) is 17.4. The Morgan fingerprint density at radius 1 is 1.19 bits per heavy atom. The molecule has 1 aliphatic rings. The van der Waals surface area contributed by atoms with Crippen LogP contribution < -0.4 is 0 Å². The first kappa shape index (κ1) is 19.0. The molecule has 3 aromatic heterocycles. The first-order valence-electron chi connectivity index (χ1n) is 9.58. The van der Waals surface area contributed by atoms with Gasteiger partial charge in [-0.2, -0.15) is 10.2 Å². The molecule has 0 bridgehead atoms. The Bertz CT molecular complexity index is 1430. The third-order valence-corrected chi connectivity index (χ3v) is 6.28. The highest BCUT2D eigenvalue weighted by Crippen LogP contribution is 2.36. The third-order valence-electron chi connectivity index (χ3n) is 5.17. The van der Waals surface area contributed by atoms with Crippen LogP contribution in [-0.4, -0.2) is 28.2 Å². The van der Waals surface area contributed by atoms with Crippen molar-refractivity contribution in [1.82, 2.24) is 9.88 Å². The number of oxazole rings is 1. The molecule has 2 amide bonds. The van der Waals surface area contributed by atoms with Crippen LogP contribution in [0.4, 0.5) is 0 Å². The van der Waals surface area contributed by atoms with Crippen LogP contribution in [0.5, 0.6) is 0 Å². The van der Waals surface area contributed by atoms with E-state index in [1.807, 2.05) is 36.4 Å². The molecule has 0 atom stereocenters. The van der Waals surface area contributed by atoms with Gasteiger partial charge in [-0.25, -0.2) is 0 Å². The summed E-state index contributed by atoms with van der Waals surface area (Å²) in [5.41, 5.74) is 1.28. The molecule has 1 aliphatic heterocycles. The van der Waals surface area contributed by atoms with Crippen molar-refractivity contribution >= 4 is 50.6 Å². The number of aromatic nitrogens is 1. The largest absolute Gasteiger partial charge is 0.436 e. The van der Waals surface area contributed by atoms with E-state index in [4.69, 9.17) is 8.83 Å². The summed E-state index contributed by atoms with van der Waals surface area (Å²) in [4.78, 5) is 31.4. The lowest BCUT2D eigenvalue weighted by Crippen LogP contribution is -2.42. The van der Waals surface area contributed by atoms with Gasteiger partial charge in [0.05, 0.1) is 4.88 Å². The van der Waals surface area contributed by atoms with Gasteiger partial charge in [-0.15, -0.1) is 11.3 Å². The number of benzene rings is 1. The van der Waals surface area contributed by atoms with E-state index < -0.39 is 11.8 Å². The summed E-state index contributed by atoms with van der Waals surface area (Å²) >= 11 is 1.58. The fourth-order valence-electron chi connectivity index (χ4n) is 3.58. The van der Waals surface area contributed by atoms with Crippen molar-refractivity contribution < 1.29 is 18.4 Å². The highest BCUT2D eigenvalue weighted by molar-refractivity contribution is 7.22.